The molecule has 2 fully saturated rings. The summed E-state index contributed by atoms with van der Waals surface area (Å²) in [5.41, 5.74) is 1.41. The van der Waals surface area contributed by atoms with Crippen molar-refractivity contribution < 1.29 is 9.18 Å². The highest BCUT2D eigenvalue weighted by Gasteiger charge is 2.43. The van der Waals surface area contributed by atoms with Crippen LogP contribution in [0.5, 0.6) is 0 Å². The van der Waals surface area contributed by atoms with Gasteiger partial charge in [-0.1, -0.05) is 12.5 Å². The van der Waals surface area contributed by atoms with Crippen LogP contribution >= 0.6 is 0 Å². The van der Waals surface area contributed by atoms with E-state index < -0.39 is 0 Å². The minimum absolute atomic E-state index is 0.265. The SMILES string of the molecule is CCNC(=NCCNC(=O)c1ccc(C)c(F)c1)N1CCC2(CCC2)C1. The van der Waals surface area contributed by atoms with E-state index in [1.165, 1.54) is 31.7 Å². The van der Waals surface area contributed by atoms with E-state index in [4.69, 9.17) is 0 Å². The van der Waals surface area contributed by atoms with Crippen LogP contribution in [0, 0.1) is 18.2 Å². The van der Waals surface area contributed by atoms with Crippen molar-refractivity contribution in [3.63, 3.8) is 0 Å². The number of guanidine groups is 1. The van der Waals surface area contributed by atoms with Crippen LogP contribution in [-0.2, 0) is 0 Å². The Morgan fingerprint density at radius 3 is 2.73 bits per heavy atom. The van der Waals surface area contributed by atoms with Crippen molar-refractivity contribution >= 4 is 11.9 Å². The minimum Gasteiger partial charge on any atom is -0.357 e. The van der Waals surface area contributed by atoms with Gasteiger partial charge in [-0.25, -0.2) is 4.39 Å². The summed E-state index contributed by atoms with van der Waals surface area (Å²) in [4.78, 5) is 19.1. The molecule has 3 rings (SSSR count). The standard InChI is InChI=1S/C20H29FN4O/c1-3-22-19(25-12-9-20(14-25)7-4-8-20)24-11-10-23-18(26)16-6-5-15(2)17(21)13-16/h5-6,13H,3-4,7-12,14H2,1-2H3,(H,22,24)(H,23,26). The number of likely N-dealkylation sites (tertiary alicyclic amines) is 1. The lowest BCUT2D eigenvalue weighted by molar-refractivity contribution is 0.0954. The summed E-state index contributed by atoms with van der Waals surface area (Å²) >= 11 is 0. The summed E-state index contributed by atoms with van der Waals surface area (Å²) in [5, 5.41) is 6.17. The first kappa shape index (κ1) is 18.7. The minimum atomic E-state index is -0.357. The number of hydrogen-bond acceptors (Lipinski definition) is 2. The summed E-state index contributed by atoms with van der Waals surface area (Å²) in [6.45, 7) is 7.67. The molecule has 1 aromatic rings. The third kappa shape index (κ3) is 4.17. The second-order valence-electron chi connectivity index (χ2n) is 7.48. The first-order valence-corrected chi connectivity index (χ1v) is 9.61. The van der Waals surface area contributed by atoms with Gasteiger partial charge in [0.15, 0.2) is 5.96 Å². The Labute approximate surface area is 155 Å². The molecule has 6 heteroatoms. The van der Waals surface area contributed by atoms with Gasteiger partial charge in [-0.15, -0.1) is 0 Å². The average molecular weight is 360 g/mol. The molecule has 1 aliphatic carbocycles. The van der Waals surface area contributed by atoms with Crippen molar-refractivity contribution in [3.8, 4) is 0 Å². The molecule has 1 saturated carbocycles. The van der Waals surface area contributed by atoms with Gasteiger partial charge in [0.05, 0.1) is 6.54 Å². The van der Waals surface area contributed by atoms with Crippen molar-refractivity contribution in [2.75, 3.05) is 32.7 Å². The first-order chi connectivity index (χ1) is 12.5. The maximum Gasteiger partial charge on any atom is 0.251 e. The van der Waals surface area contributed by atoms with Gasteiger partial charge < -0.3 is 15.5 Å². The number of nitrogens with zero attached hydrogens (tertiary/aromatic N) is 2. The van der Waals surface area contributed by atoms with E-state index in [0.717, 1.165) is 25.6 Å². The second-order valence-corrected chi connectivity index (χ2v) is 7.48. The highest BCUT2D eigenvalue weighted by molar-refractivity contribution is 5.94. The van der Waals surface area contributed by atoms with Crippen LogP contribution in [0.3, 0.4) is 0 Å². The van der Waals surface area contributed by atoms with Crippen LogP contribution in [-0.4, -0.2) is 49.5 Å². The first-order valence-electron chi connectivity index (χ1n) is 9.61. The van der Waals surface area contributed by atoms with E-state index in [2.05, 4.69) is 27.4 Å². The average Bonchev–Trinajstić information content (AvgIpc) is 3.06. The van der Waals surface area contributed by atoms with E-state index in [9.17, 15) is 9.18 Å². The molecular formula is C20H29FN4O. The van der Waals surface area contributed by atoms with Crippen molar-refractivity contribution in [1.29, 1.82) is 0 Å². The number of amides is 1. The molecule has 0 unspecified atom stereocenters. The number of rotatable bonds is 5. The fraction of sp³-hybridized carbons (Fsp3) is 0.600. The van der Waals surface area contributed by atoms with E-state index in [1.54, 1.807) is 19.1 Å². The van der Waals surface area contributed by atoms with Gasteiger partial charge in [0, 0.05) is 31.7 Å². The summed E-state index contributed by atoms with van der Waals surface area (Å²) < 4.78 is 13.6. The molecule has 0 radical (unpaired) electrons. The molecule has 2 aliphatic rings. The quantitative estimate of drug-likeness (QED) is 0.482. The van der Waals surface area contributed by atoms with Gasteiger partial charge in [-0.3, -0.25) is 9.79 Å². The van der Waals surface area contributed by atoms with Crippen molar-refractivity contribution in [2.24, 2.45) is 10.4 Å². The molecule has 1 saturated heterocycles. The molecule has 5 nitrogen and oxygen atoms in total. The molecule has 0 bridgehead atoms. The molecule has 1 amide bonds. The molecule has 26 heavy (non-hydrogen) atoms. The second kappa shape index (κ2) is 8.06. The Hall–Kier alpha value is -2.11. The van der Waals surface area contributed by atoms with Crippen LogP contribution in [0.4, 0.5) is 4.39 Å². The van der Waals surface area contributed by atoms with Crippen molar-refractivity contribution in [3.05, 3.63) is 35.1 Å². The van der Waals surface area contributed by atoms with Crippen molar-refractivity contribution in [2.45, 2.75) is 39.5 Å². The maximum atomic E-state index is 13.6. The number of aliphatic imine (C=N–C) groups is 1. The van der Waals surface area contributed by atoms with E-state index in [0.29, 0.717) is 29.6 Å². The zero-order chi connectivity index (χ0) is 18.6. The molecule has 0 aromatic heterocycles. The molecule has 1 heterocycles. The molecule has 1 spiro atoms. The number of nitrogens with one attached hydrogen (secondary N) is 2. The number of hydrogen-bond donors (Lipinski definition) is 2. The van der Waals surface area contributed by atoms with E-state index in [-0.39, 0.29) is 11.7 Å². The fourth-order valence-corrected chi connectivity index (χ4v) is 3.79. The Kier molecular flexibility index (Phi) is 5.79. The van der Waals surface area contributed by atoms with Gasteiger partial charge in [0.25, 0.3) is 5.91 Å². The van der Waals surface area contributed by atoms with Crippen LogP contribution in [0.25, 0.3) is 0 Å². The monoisotopic (exact) mass is 360 g/mol. The van der Waals surface area contributed by atoms with Gasteiger partial charge >= 0.3 is 0 Å². The third-order valence-corrected chi connectivity index (χ3v) is 5.58. The number of carbonyl (C=O) groups excluding carboxylic acids is 1. The van der Waals surface area contributed by atoms with Crippen LogP contribution in [0.2, 0.25) is 0 Å². The molecule has 2 N–H and O–H groups in total. The Morgan fingerprint density at radius 1 is 1.31 bits per heavy atom. The van der Waals surface area contributed by atoms with Gasteiger partial charge in [-0.05, 0) is 56.2 Å². The lowest BCUT2D eigenvalue weighted by atomic mass is 9.68. The lowest BCUT2D eigenvalue weighted by Gasteiger charge is -2.38. The normalized spacial score (nSPS) is 18.7. The number of halogens is 1. The fourth-order valence-electron chi connectivity index (χ4n) is 3.79. The van der Waals surface area contributed by atoms with Gasteiger partial charge in [-0.2, -0.15) is 0 Å². The van der Waals surface area contributed by atoms with Gasteiger partial charge in [0.2, 0.25) is 0 Å². The van der Waals surface area contributed by atoms with Crippen molar-refractivity contribution in [1.82, 2.24) is 15.5 Å². The number of carbonyl (C=O) groups is 1. The Bertz CT molecular complexity index is 684. The summed E-state index contributed by atoms with van der Waals surface area (Å²) in [5.74, 6) is 0.314. The molecule has 0 atom stereocenters. The smallest absolute Gasteiger partial charge is 0.251 e. The van der Waals surface area contributed by atoms with Gasteiger partial charge in [0.1, 0.15) is 5.82 Å². The predicted molar refractivity (Wildman–Crippen MR) is 102 cm³/mol. The third-order valence-electron chi connectivity index (χ3n) is 5.58. The Morgan fingerprint density at radius 2 is 2.12 bits per heavy atom. The molecule has 1 aromatic carbocycles. The highest BCUT2D eigenvalue weighted by Crippen LogP contribution is 2.47. The van der Waals surface area contributed by atoms with E-state index >= 15 is 0 Å². The largest absolute Gasteiger partial charge is 0.357 e. The zero-order valence-electron chi connectivity index (χ0n) is 15.8. The van der Waals surface area contributed by atoms with Crippen LogP contribution in [0.15, 0.2) is 23.2 Å². The Balaban J connectivity index is 1.50. The summed E-state index contributed by atoms with van der Waals surface area (Å²) in [6.07, 6.45) is 5.29. The number of aryl methyl sites for hydroxylation is 1. The number of benzene rings is 1. The maximum absolute atomic E-state index is 13.6. The molecular weight excluding hydrogens is 331 g/mol. The van der Waals surface area contributed by atoms with E-state index in [1.807, 2.05) is 0 Å². The predicted octanol–water partition coefficient (Wildman–Crippen LogP) is 2.71. The van der Waals surface area contributed by atoms with Crippen LogP contribution < -0.4 is 10.6 Å². The van der Waals surface area contributed by atoms with Crippen LogP contribution in [0.1, 0.15) is 48.5 Å². The molecule has 1 aliphatic heterocycles. The topological polar surface area (TPSA) is 56.7 Å². The molecule has 142 valence electrons. The lowest BCUT2D eigenvalue weighted by Crippen LogP contribution is -2.43. The summed E-state index contributed by atoms with van der Waals surface area (Å²) in [7, 11) is 0. The highest BCUT2D eigenvalue weighted by atomic mass is 19.1. The summed E-state index contributed by atoms with van der Waals surface area (Å²) in [6, 6.07) is 4.54. The zero-order valence-corrected chi connectivity index (χ0v) is 15.8.